The molecule has 0 aromatic heterocycles. The molecule has 0 heterocycles. The Morgan fingerprint density at radius 2 is 1.65 bits per heavy atom. The summed E-state index contributed by atoms with van der Waals surface area (Å²) in [5, 5.41) is 8.13. The summed E-state index contributed by atoms with van der Waals surface area (Å²) in [6.45, 7) is 10.9. The molecule has 0 atom stereocenters. The minimum absolute atomic E-state index is 0.338. The molecule has 2 aliphatic rings. The van der Waals surface area contributed by atoms with Gasteiger partial charge in [0.15, 0.2) is 0 Å². The predicted octanol–water partition coefficient (Wildman–Crippen LogP) is 9.92. The van der Waals surface area contributed by atoms with Gasteiger partial charge in [-0.05, 0) is 142 Å². The van der Waals surface area contributed by atoms with Crippen molar-refractivity contribution in [3.8, 4) is 11.1 Å². The predicted molar refractivity (Wildman–Crippen MR) is 179 cm³/mol. The molecule has 2 fully saturated rings. The van der Waals surface area contributed by atoms with Gasteiger partial charge in [-0.15, -0.1) is 6.58 Å². The van der Waals surface area contributed by atoms with E-state index in [0.29, 0.717) is 18.6 Å². The standard InChI is InChI=1S/C39H53NO3/c1-4-30-10-12-31(13-11-30)14-15-32-16-22-38(35(27-32)28-40)34-19-23-37(29(3)26-34)33-17-20-36(21-18-33)42-24-8-6-7-9-25-43-39(41)5-2/h4-5,16,19,22-23,26-28,30-31,33,36,40H,1-2,6-15,17-18,20-21,24-25H2,3H3. The lowest BCUT2D eigenvalue weighted by Crippen LogP contribution is -2.21. The molecule has 0 unspecified atom stereocenters. The highest BCUT2D eigenvalue weighted by Gasteiger charge is 2.24. The molecular formula is C39H53NO3. The number of nitrogens with one attached hydrogen (secondary N) is 1. The summed E-state index contributed by atoms with van der Waals surface area (Å²) >= 11 is 0. The van der Waals surface area contributed by atoms with Crippen molar-refractivity contribution in [1.29, 1.82) is 5.41 Å². The van der Waals surface area contributed by atoms with Crippen LogP contribution in [0, 0.1) is 24.2 Å². The summed E-state index contributed by atoms with van der Waals surface area (Å²) in [4.78, 5) is 11.1. The second-order valence-electron chi connectivity index (χ2n) is 12.8. The minimum Gasteiger partial charge on any atom is -0.463 e. The molecule has 1 N–H and O–H groups in total. The van der Waals surface area contributed by atoms with Crippen LogP contribution in [0.2, 0.25) is 0 Å². The molecule has 0 bridgehead atoms. The quantitative estimate of drug-likeness (QED) is 0.0703. The molecule has 2 aliphatic carbocycles. The van der Waals surface area contributed by atoms with Crippen LogP contribution in [-0.4, -0.2) is 31.5 Å². The van der Waals surface area contributed by atoms with Gasteiger partial charge in [0.2, 0.25) is 0 Å². The summed E-state index contributed by atoms with van der Waals surface area (Å²) in [7, 11) is 0. The first-order valence-corrected chi connectivity index (χ1v) is 16.8. The fraction of sp³-hybridized carbons (Fsp3) is 0.538. The van der Waals surface area contributed by atoms with Crippen molar-refractivity contribution in [3.63, 3.8) is 0 Å². The van der Waals surface area contributed by atoms with E-state index in [4.69, 9.17) is 14.9 Å². The number of allylic oxidation sites excluding steroid dienone is 1. The van der Waals surface area contributed by atoms with Crippen LogP contribution in [0.1, 0.15) is 112 Å². The highest BCUT2D eigenvalue weighted by molar-refractivity contribution is 5.89. The van der Waals surface area contributed by atoms with Gasteiger partial charge in [0.05, 0.1) is 12.7 Å². The Hall–Kier alpha value is -2.98. The van der Waals surface area contributed by atoms with Crippen molar-refractivity contribution < 1.29 is 14.3 Å². The molecule has 4 heteroatoms. The van der Waals surface area contributed by atoms with Crippen molar-refractivity contribution in [2.75, 3.05) is 13.2 Å². The largest absolute Gasteiger partial charge is 0.463 e. The highest BCUT2D eigenvalue weighted by Crippen LogP contribution is 2.38. The third-order valence-electron chi connectivity index (χ3n) is 9.84. The molecular weight excluding hydrogens is 530 g/mol. The van der Waals surface area contributed by atoms with Gasteiger partial charge in [-0.2, -0.15) is 0 Å². The van der Waals surface area contributed by atoms with Gasteiger partial charge in [0.25, 0.3) is 0 Å². The molecule has 0 aliphatic heterocycles. The van der Waals surface area contributed by atoms with E-state index in [1.54, 1.807) is 0 Å². The number of unbranched alkanes of at least 4 members (excludes halogenated alkanes) is 3. The summed E-state index contributed by atoms with van der Waals surface area (Å²) in [6.07, 6.45) is 21.6. The van der Waals surface area contributed by atoms with Crippen LogP contribution in [0.4, 0.5) is 0 Å². The number of hydrogen-bond acceptors (Lipinski definition) is 4. The SMILES string of the molecule is C=CC(=O)OCCCCCCOC1CCC(c2ccc(-c3ccc(CCC4CCC(C=C)CC4)cc3C=N)cc2C)CC1. The Bertz CT molecular complexity index is 1200. The molecule has 2 aromatic carbocycles. The van der Waals surface area contributed by atoms with Crippen molar-refractivity contribution in [3.05, 3.63) is 84.0 Å². The number of carbonyl (C=O) groups excluding carboxylic acids is 1. The minimum atomic E-state index is -0.338. The number of benzene rings is 2. The van der Waals surface area contributed by atoms with E-state index >= 15 is 0 Å². The normalized spacial score (nSPS) is 22.1. The highest BCUT2D eigenvalue weighted by atomic mass is 16.5. The van der Waals surface area contributed by atoms with Gasteiger partial charge in [-0.25, -0.2) is 4.79 Å². The van der Waals surface area contributed by atoms with E-state index in [2.05, 4.69) is 62.6 Å². The second kappa shape index (κ2) is 17.3. The number of carbonyl (C=O) groups is 1. The van der Waals surface area contributed by atoms with Gasteiger partial charge >= 0.3 is 5.97 Å². The van der Waals surface area contributed by atoms with Gasteiger partial charge in [0.1, 0.15) is 0 Å². The van der Waals surface area contributed by atoms with Crippen molar-refractivity contribution >= 4 is 12.2 Å². The Morgan fingerprint density at radius 1 is 0.907 bits per heavy atom. The van der Waals surface area contributed by atoms with Gasteiger partial charge < -0.3 is 14.9 Å². The average molecular weight is 584 g/mol. The first-order chi connectivity index (χ1) is 21.0. The maximum absolute atomic E-state index is 11.1. The zero-order valence-electron chi connectivity index (χ0n) is 26.5. The van der Waals surface area contributed by atoms with Gasteiger partial charge in [-0.3, -0.25) is 0 Å². The Balaban J connectivity index is 1.21. The van der Waals surface area contributed by atoms with Crippen LogP contribution < -0.4 is 0 Å². The molecule has 0 saturated heterocycles. The lowest BCUT2D eigenvalue weighted by Gasteiger charge is -2.30. The van der Waals surface area contributed by atoms with Crippen LogP contribution in [0.3, 0.4) is 0 Å². The molecule has 43 heavy (non-hydrogen) atoms. The molecule has 0 spiro atoms. The summed E-state index contributed by atoms with van der Waals surface area (Å²) in [5.41, 5.74) is 7.58. The average Bonchev–Trinajstić information content (AvgIpc) is 3.05. The lowest BCUT2D eigenvalue weighted by molar-refractivity contribution is -0.137. The molecule has 2 saturated carbocycles. The monoisotopic (exact) mass is 583 g/mol. The Morgan fingerprint density at radius 3 is 2.33 bits per heavy atom. The number of aryl methyl sites for hydroxylation is 2. The summed E-state index contributed by atoms with van der Waals surface area (Å²) < 4.78 is 11.2. The maximum Gasteiger partial charge on any atom is 0.330 e. The van der Waals surface area contributed by atoms with Crippen LogP contribution in [0.25, 0.3) is 11.1 Å². The van der Waals surface area contributed by atoms with E-state index < -0.39 is 0 Å². The van der Waals surface area contributed by atoms with E-state index in [1.807, 2.05) is 0 Å². The van der Waals surface area contributed by atoms with Gasteiger partial charge in [0, 0.05) is 24.5 Å². The van der Waals surface area contributed by atoms with Crippen molar-refractivity contribution in [2.24, 2.45) is 11.8 Å². The van der Waals surface area contributed by atoms with E-state index in [1.165, 1.54) is 79.5 Å². The van der Waals surface area contributed by atoms with Gasteiger partial charge in [-0.1, -0.05) is 49.4 Å². The van der Waals surface area contributed by atoms with Crippen molar-refractivity contribution in [2.45, 2.75) is 109 Å². The third-order valence-corrected chi connectivity index (χ3v) is 9.84. The first-order valence-electron chi connectivity index (χ1n) is 16.8. The molecule has 232 valence electrons. The van der Waals surface area contributed by atoms with E-state index in [-0.39, 0.29) is 5.97 Å². The zero-order valence-corrected chi connectivity index (χ0v) is 26.5. The molecule has 0 radical (unpaired) electrons. The first kappa shape index (κ1) is 32.9. The van der Waals surface area contributed by atoms with Crippen LogP contribution in [0.5, 0.6) is 0 Å². The van der Waals surface area contributed by atoms with Crippen molar-refractivity contribution in [1.82, 2.24) is 0 Å². The molecule has 4 nitrogen and oxygen atoms in total. The van der Waals surface area contributed by atoms with Crippen LogP contribution >= 0.6 is 0 Å². The summed E-state index contributed by atoms with van der Waals surface area (Å²) in [5.74, 6) is 1.81. The number of ether oxygens (including phenoxy) is 2. The number of esters is 1. The fourth-order valence-corrected chi connectivity index (χ4v) is 7.11. The van der Waals surface area contributed by atoms with Crippen LogP contribution in [-0.2, 0) is 20.7 Å². The van der Waals surface area contributed by atoms with E-state index in [9.17, 15) is 4.79 Å². The van der Waals surface area contributed by atoms with Crippen LogP contribution in [0.15, 0.2) is 61.7 Å². The number of rotatable bonds is 16. The Labute approximate surface area is 260 Å². The molecule has 4 rings (SSSR count). The molecule has 0 amide bonds. The Kier molecular flexibility index (Phi) is 13.3. The third kappa shape index (κ3) is 10.0. The molecule has 2 aromatic rings. The van der Waals surface area contributed by atoms with E-state index in [0.717, 1.165) is 74.5 Å². The topological polar surface area (TPSA) is 59.4 Å². The fourth-order valence-electron chi connectivity index (χ4n) is 7.11. The number of hydrogen-bond donors (Lipinski definition) is 1. The smallest absolute Gasteiger partial charge is 0.330 e. The lowest BCUT2D eigenvalue weighted by atomic mass is 9.79. The summed E-state index contributed by atoms with van der Waals surface area (Å²) in [6, 6.07) is 13.7. The second-order valence-corrected chi connectivity index (χ2v) is 12.8. The zero-order chi connectivity index (χ0) is 30.4. The maximum atomic E-state index is 11.1.